The van der Waals surface area contributed by atoms with E-state index in [4.69, 9.17) is 9.26 Å². The lowest BCUT2D eigenvalue weighted by Gasteiger charge is -2.32. The molecule has 1 aliphatic rings. The highest BCUT2D eigenvalue weighted by atomic mass is 16.5. The monoisotopic (exact) mass is 597 g/mol. The molecule has 3 aromatic heterocycles. The molecule has 2 N–H and O–H groups in total. The van der Waals surface area contributed by atoms with Gasteiger partial charge in [0.05, 0.1) is 30.2 Å². The van der Waals surface area contributed by atoms with Crippen molar-refractivity contribution in [2.75, 3.05) is 6.61 Å². The van der Waals surface area contributed by atoms with Crippen molar-refractivity contribution in [1.82, 2.24) is 24.3 Å². The zero-order chi connectivity index (χ0) is 30.8. The molecule has 0 aliphatic heterocycles. The Morgan fingerprint density at radius 1 is 1.02 bits per heavy atom. The first-order valence-electron chi connectivity index (χ1n) is 15.4. The van der Waals surface area contributed by atoms with Crippen LogP contribution in [0.25, 0.3) is 28.2 Å². The molecule has 1 saturated carbocycles. The summed E-state index contributed by atoms with van der Waals surface area (Å²) >= 11 is 0. The highest BCUT2D eigenvalue weighted by molar-refractivity contribution is 5.80. The number of fused-ring (bicyclic) bond motifs is 1. The van der Waals surface area contributed by atoms with E-state index in [0.29, 0.717) is 18.9 Å². The van der Waals surface area contributed by atoms with Gasteiger partial charge in [0.2, 0.25) is 0 Å². The van der Waals surface area contributed by atoms with Crippen molar-refractivity contribution in [2.45, 2.75) is 83.5 Å². The van der Waals surface area contributed by atoms with Gasteiger partial charge in [-0.2, -0.15) is 5.10 Å². The normalized spacial score (nSPS) is 17.4. The summed E-state index contributed by atoms with van der Waals surface area (Å²) in [6.07, 6.45) is 7.34. The summed E-state index contributed by atoms with van der Waals surface area (Å²) in [6.45, 7) is 5.92. The standard InChI is InChI=1S/C34H39N5O5/c1-4-7-29-28(20-22-10-12-23(13-11-22)26-8-5-6-9-27(26)31-36-33(41)44-37-31)32(40)38(30-18-19-35-39(29)30)24-14-16-25(17-15-24)43-21-34(2,3)42/h5-6,8-13,18-19,24-25,42H,4,7,14-17,20-21H2,1-3H3,(H,36,37,41). The van der Waals surface area contributed by atoms with E-state index < -0.39 is 11.4 Å². The average Bonchev–Trinajstić information content (AvgIpc) is 3.68. The van der Waals surface area contributed by atoms with Gasteiger partial charge in [-0.15, -0.1) is 0 Å². The predicted molar refractivity (Wildman–Crippen MR) is 168 cm³/mol. The van der Waals surface area contributed by atoms with Crippen LogP contribution in [0.2, 0.25) is 0 Å². The number of benzene rings is 2. The third-order valence-electron chi connectivity index (χ3n) is 8.39. The molecule has 1 fully saturated rings. The van der Waals surface area contributed by atoms with E-state index in [1.807, 2.05) is 51.5 Å². The minimum atomic E-state index is -0.861. The van der Waals surface area contributed by atoms with Gasteiger partial charge in [-0.3, -0.25) is 18.9 Å². The maximum Gasteiger partial charge on any atom is 0.439 e. The maximum atomic E-state index is 14.3. The van der Waals surface area contributed by atoms with Crippen LogP contribution in [0.1, 0.15) is 75.7 Å². The van der Waals surface area contributed by atoms with Crippen molar-refractivity contribution in [3.8, 4) is 22.5 Å². The Kier molecular flexibility index (Phi) is 8.38. The van der Waals surface area contributed by atoms with Crippen LogP contribution in [0.15, 0.2) is 74.9 Å². The van der Waals surface area contributed by atoms with E-state index in [2.05, 4.69) is 34.3 Å². The summed E-state index contributed by atoms with van der Waals surface area (Å²) < 4.78 is 14.6. The smallest absolute Gasteiger partial charge is 0.388 e. The third kappa shape index (κ3) is 6.18. The first kappa shape index (κ1) is 29.8. The van der Waals surface area contributed by atoms with Crippen LogP contribution in [-0.4, -0.2) is 47.7 Å². The van der Waals surface area contributed by atoms with Crippen LogP contribution in [0.4, 0.5) is 0 Å². The van der Waals surface area contributed by atoms with Crippen LogP contribution < -0.4 is 11.3 Å². The molecule has 230 valence electrons. The summed E-state index contributed by atoms with van der Waals surface area (Å²) in [6, 6.07) is 17.9. The predicted octanol–water partition coefficient (Wildman–Crippen LogP) is 5.32. The van der Waals surface area contributed by atoms with Crippen LogP contribution in [-0.2, 0) is 17.6 Å². The molecule has 0 atom stereocenters. The minimum absolute atomic E-state index is 0.0479. The number of nitrogens with one attached hydrogen (secondary N) is 1. The first-order chi connectivity index (χ1) is 21.2. The summed E-state index contributed by atoms with van der Waals surface area (Å²) in [4.78, 5) is 28.5. The fourth-order valence-electron chi connectivity index (χ4n) is 6.30. The lowest BCUT2D eigenvalue weighted by Crippen LogP contribution is -2.36. The second-order valence-corrected chi connectivity index (χ2v) is 12.4. The van der Waals surface area contributed by atoms with E-state index in [0.717, 1.165) is 77.7 Å². The van der Waals surface area contributed by atoms with E-state index in [9.17, 15) is 14.7 Å². The molecule has 0 radical (unpaired) electrons. The molecule has 5 aromatic rings. The molecule has 10 heteroatoms. The Bertz CT molecular complexity index is 1850. The second kappa shape index (κ2) is 12.4. The SMILES string of the molecule is CCCc1c(Cc2ccc(-c3ccccc3-c3noc(=O)[nH]3)cc2)c(=O)n(C2CCC(OCC(C)(C)O)CC2)c2ccnn12. The van der Waals surface area contributed by atoms with Gasteiger partial charge in [0.25, 0.3) is 5.56 Å². The van der Waals surface area contributed by atoms with Crippen molar-refractivity contribution < 1.29 is 14.4 Å². The van der Waals surface area contributed by atoms with Crippen molar-refractivity contribution >= 4 is 5.65 Å². The van der Waals surface area contributed by atoms with Gasteiger partial charge in [0, 0.05) is 29.7 Å². The fourth-order valence-corrected chi connectivity index (χ4v) is 6.30. The molecular formula is C34H39N5O5. The molecule has 0 spiro atoms. The van der Waals surface area contributed by atoms with Crippen molar-refractivity contribution in [3.05, 3.63) is 98.5 Å². The van der Waals surface area contributed by atoms with Crippen LogP contribution in [0, 0.1) is 0 Å². The number of aliphatic hydroxyl groups is 1. The molecule has 2 aromatic carbocycles. The summed E-state index contributed by atoms with van der Waals surface area (Å²) in [7, 11) is 0. The molecule has 6 rings (SSSR count). The van der Waals surface area contributed by atoms with Crippen molar-refractivity contribution in [1.29, 1.82) is 0 Å². The van der Waals surface area contributed by atoms with E-state index in [1.54, 1.807) is 20.0 Å². The van der Waals surface area contributed by atoms with Crippen LogP contribution in [0.3, 0.4) is 0 Å². The van der Waals surface area contributed by atoms with Gasteiger partial charge in [-0.1, -0.05) is 67.0 Å². The molecule has 0 saturated heterocycles. The topological polar surface area (TPSA) is 128 Å². The van der Waals surface area contributed by atoms with Crippen molar-refractivity contribution in [2.24, 2.45) is 0 Å². The number of H-pyrrole nitrogens is 1. The third-order valence-corrected chi connectivity index (χ3v) is 8.39. The van der Waals surface area contributed by atoms with E-state index in [-0.39, 0.29) is 17.7 Å². The number of nitrogens with zero attached hydrogens (tertiary/aromatic N) is 4. The van der Waals surface area contributed by atoms with Crippen LogP contribution in [0.5, 0.6) is 0 Å². The number of aromatic nitrogens is 5. The molecule has 0 amide bonds. The zero-order valence-electron chi connectivity index (χ0n) is 25.5. The number of ether oxygens (including phenoxy) is 1. The van der Waals surface area contributed by atoms with Gasteiger partial charge in [0.1, 0.15) is 5.65 Å². The Morgan fingerprint density at radius 3 is 2.41 bits per heavy atom. The van der Waals surface area contributed by atoms with Gasteiger partial charge >= 0.3 is 5.76 Å². The lowest BCUT2D eigenvalue weighted by atomic mass is 9.92. The number of hydrogen-bond acceptors (Lipinski definition) is 7. The first-order valence-corrected chi connectivity index (χ1v) is 15.4. The number of rotatable bonds is 10. The molecule has 1 aliphatic carbocycles. The summed E-state index contributed by atoms with van der Waals surface area (Å²) in [5.41, 5.74) is 5.43. The summed E-state index contributed by atoms with van der Waals surface area (Å²) in [5.74, 6) is -0.218. The fraction of sp³-hybridized carbons (Fsp3) is 0.412. The number of aromatic amines is 1. The highest BCUT2D eigenvalue weighted by Crippen LogP contribution is 2.33. The van der Waals surface area contributed by atoms with Gasteiger partial charge in [0.15, 0.2) is 5.82 Å². The molecule has 3 heterocycles. The Hall–Kier alpha value is -4.28. The van der Waals surface area contributed by atoms with E-state index in [1.165, 1.54) is 0 Å². The molecular weight excluding hydrogens is 558 g/mol. The molecule has 0 bridgehead atoms. The minimum Gasteiger partial charge on any atom is -0.388 e. The second-order valence-electron chi connectivity index (χ2n) is 12.4. The van der Waals surface area contributed by atoms with Crippen LogP contribution >= 0.6 is 0 Å². The van der Waals surface area contributed by atoms with Gasteiger partial charge in [-0.05, 0) is 62.6 Å². The molecule has 10 nitrogen and oxygen atoms in total. The largest absolute Gasteiger partial charge is 0.439 e. The highest BCUT2D eigenvalue weighted by Gasteiger charge is 2.28. The maximum absolute atomic E-state index is 14.3. The Balaban J connectivity index is 1.30. The number of aryl methyl sites for hydroxylation is 1. The van der Waals surface area contributed by atoms with Gasteiger partial charge < -0.3 is 9.84 Å². The molecule has 44 heavy (non-hydrogen) atoms. The number of hydrogen-bond donors (Lipinski definition) is 2. The zero-order valence-corrected chi connectivity index (χ0v) is 25.5. The average molecular weight is 598 g/mol. The Morgan fingerprint density at radius 2 is 1.75 bits per heavy atom. The quantitative estimate of drug-likeness (QED) is 0.223. The summed E-state index contributed by atoms with van der Waals surface area (Å²) in [5, 5.41) is 18.6. The molecule has 0 unspecified atom stereocenters. The van der Waals surface area contributed by atoms with E-state index >= 15 is 0 Å². The van der Waals surface area contributed by atoms with Gasteiger partial charge in [-0.25, -0.2) is 9.31 Å². The lowest BCUT2D eigenvalue weighted by molar-refractivity contribution is -0.0654. The Labute approximate surface area is 255 Å². The van der Waals surface area contributed by atoms with Crippen molar-refractivity contribution in [3.63, 3.8) is 0 Å².